The van der Waals surface area contributed by atoms with Crippen LogP contribution < -0.4 is 11.1 Å². The molecule has 1 aliphatic heterocycles. The predicted molar refractivity (Wildman–Crippen MR) is 75.5 cm³/mol. The molecule has 1 fully saturated rings. The van der Waals surface area contributed by atoms with E-state index in [9.17, 15) is 14.4 Å². The number of nitrogens with zero attached hydrogens (tertiary/aromatic N) is 2. The summed E-state index contributed by atoms with van der Waals surface area (Å²) in [5, 5.41) is 2.67. The third-order valence-electron chi connectivity index (χ3n) is 3.45. The van der Waals surface area contributed by atoms with Crippen LogP contribution >= 0.6 is 0 Å². The van der Waals surface area contributed by atoms with E-state index in [-0.39, 0.29) is 23.2 Å². The number of aromatic nitrogens is 1. The van der Waals surface area contributed by atoms with Gasteiger partial charge < -0.3 is 16.0 Å². The first-order valence-electron chi connectivity index (χ1n) is 6.77. The standard InChI is InChI=1S/C14H18N4O3/c1-8(2)18-6-5-11(14(18)21)17-13(20)10-4-3-9(7-16-10)12(15)19/h3-4,7-8,11H,5-6H2,1-2H3,(H2,15,19)(H,17,20). The molecule has 0 radical (unpaired) electrons. The fourth-order valence-electron chi connectivity index (χ4n) is 2.25. The summed E-state index contributed by atoms with van der Waals surface area (Å²) in [4.78, 5) is 40.7. The van der Waals surface area contributed by atoms with E-state index in [0.717, 1.165) is 0 Å². The highest BCUT2D eigenvalue weighted by Crippen LogP contribution is 2.14. The molecule has 7 nitrogen and oxygen atoms in total. The van der Waals surface area contributed by atoms with Gasteiger partial charge >= 0.3 is 0 Å². The van der Waals surface area contributed by atoms with Crippen LogP contribution in [0.5, 0.6) is 0 Å². The predicted octanol–water partition coefficient (Wildman–Crippen LogP) is -0.0804. The summed E-state index contributed by atoms with van der Waals surface area (Å²) >= 11 is 0. The zero-order chi connectivity index (χ0) is 15.6. The second-order valence-electron chi connectivity index (χ2n) is 5.24. The lowest BCUT2D eigenvalue weighted by Gasteiger charge is -2.21. The summed E-state index contributed by atoms with van der Waals surface area (Å²) in [5.41, 5.74) is 5.48. The van der Waals surface area contributed by atoms with Gasteiger partial charge in [-0.05, 0) is 32.4 Å². The molecule has 3 amide bonds. The molecule has 3 N–H and O–H groups in total. The fraction of sp³-hybridized carbons (Fsp3) is 0.429. The third kappa shape index (κ3) is 3.18. The molecule has 1 aromatic heterocycles. The number of nitrogens with one attached hydrogen (secondary N) is 1. The summed E-state index contributed by atoms with van der Waals surface area (Å²) in [6.45, 7) is 4.51. The monoisotopic (exact) mass is 290 g/mol. The number of pyridine rings is 1. The molecule has 1 unspecified atom stereocenters. The van der Waals surface area contributed by atoms with Gasteiger partial charge in [-0.1, -0.05) is 0 Å². The van der Waals surface area contributed by atoms with Crippen LogP contribution in [0, 0.1) is 0 Å². The summed E-state index contributed by atoms with van der Waals surface area (Å²) in [6, 6.07) is 2.45. The second-order valence-corrected chi connectivity index (χ2v) is 5.24. The van der Waals surface area contributed by atoms with Crippen molar-refractivity contribution in [2.75, 3.05) is 6.54 Å². The SMILES string of the molecule is CC(C)N1CCC(NC(=O)c2ccc(C(N)=O)cn2)C1=O. The van der Waals surface area contributed by atoms with Crippen LogP contribution in [0.15, 0.2) is 18.3 Å². The quantitative estimate of drug-likeness (QED) is 0.809. The van der Waals surface area contributed by atoms with E-state index in [2.05, 4.69) is 10.3 Å². The Kier molecular flexibility index (Phi) is 4.21. The summed E-state index contributed by atoms with van der Waals surface area (Å²) in [5.74, 6) is -1.12. The number of nitrogens with two attached hydrogens (primary N) is 1. The first kappa shape index (κ1) is 15.0. The van der Waals surface area contributed by atoms with Gasteiger partial charge in [0.25, 0.3) is 5.91 Å². The molecule has 2 heterocycles. The highest BCUT2D eigenvalue weighted by Gasteiger charge is 2.34. The van der Waals surface area contributed by atoms with Crippen molar-refractivity contribution in [1.82, 2.24) is 15.2 Å². The van der Waals surface area contributed by atoms with E-state index >= 15 is 0 Å². The van der Waals surface area contributed by atoms with E-state index in [1.54, 1.807) is 4.90 Å². The molecular formula is C14H18N4O3. The maximum absolute atomic E-state index is 12.1. The lowest BCUT2D eigenvalue weighted by atomic mass is 10.2. The van der Waals surface area contributed by atoms with Gasteiger partial charge in [0, 0.05) is 18.8 Å². The van der Waals surface area contributed by atoms with Crippen molar-refractivity contribution in [2.45, 2.75) is 32.4 Å². The number of rotatable bonds is 4. The highest BCUT2D eigenvalue weighted by atomic mass is 16.2. The van der Waals surface area contributed by atoms with Crippen molar-refractivity contribution in [2.24, 2.45) is 5.73 Å². The normalized spacial score (nSPS) is 18.1. The zero-order valence-corrected chi connectivity index (χ0v) is 12.0. The molecule has 0 spiro atoms. The number of likely N-dealkylation sites (tertiary alicyclic amines) is 1. The lowest BCUT2D eigenvalue weighted by molar-refractivity contribution is -0.130. The number of carbonyl (C=O) groups is 3. The molecule has 0 bridgehead atoms. The summed E-state index contributed by atoms with van der Waals surface area (Å²) in [7, 11) is 0. The maximum Gasteiger partial charge on any atom is 0.270 e. The van der Waals surface area contributed by atoms with Crippen molar-refractivity contribution in [3.05, 3.63) is 29.6 Å². The second kappa shape index (κ2) is 5.90. The van der Waals surface area contributed by atoms with Gasteiger partial charge in [0.2, 0.25) is 11.8 Å². The number of hydrogen-bond acceptors (Lipinski definition) is 4. The molecule has 112 valence electrons. The molecule has 1 saturated heterocycles. The Morgan fingerprint density at radius 3 is 2.62 bits per heavy atom. The van der Waals surface area contributed by atoms with Crippen LogP contribution in [0.1, 0.15) is 41.1 Å². The Labute approximate surface area is 122 Å². The first-order chi connectivity index (χ1) is 9.90. The molecule has 0 aliphatic carbocycles. The molecule has 7 heteroatoms. The number of amides is 3. The lowest BCUT2D eigenvalue weighted by Crippen LogP contribution is -2.43. The smallest absolute Gasteiger partial charge is 0.270 e. The molecule has 2 rings (SSSR count). The van der Waals surface area contributed by atoms with Crippen molar-refractivity contribution in [3.63, 3.8) is 0 Å². The molecule has 1 aromatic rings. The van der Waals surface area contributed by atoms with Gasteiger partial charge in [0.15, 0.2) is 0 Å². The van der Waals surface area contributed by atoms with Crippen molar-refractivity contribution in [1.29, 1.82) is 0 Å². The van der Waals surface area contributed by atoms with Gasteiger partial charge in [-0.2, -0.15) is 0 Å². The Bertz CT molecular complexity index is 568. The van der Waals surface area contributed by atoms with Gasteiger partial charge in [-0.25, -0.2) is 0 Å². The van der Waals surface area contributed by atoms with Gasteiger partial charge in [-0.3, -0.25) is 19.4 Å². The van der Waals surface area contributed by atoms with Crippen LogP contribution in [-0.2, 0) is 4.79 Å². The topological polar surface area (TPSA) is 105 Å². The Hall–Kier alpha value is -2.44. The third-order valence-corrected chi connectivity index (χ3v) is 3.45. The summed E-state index contributed by atoms with van der Waals surface area (Å²) in [6.07, 6.45) is 1.83. The molecule has 1 atom stereocenters. The number of primary amides is 1. The van der Waals surface area contributed by atoms with Crippen LogP contribution in [0.4, 0.5) is 0 Å². The van der Waals surface area contributed by atoms with Gasteiger partial charge in [0.05, 0.1) is 5.56 Å². The summed E-state index contributed by atoms with van der Waals surface area (Å²) < 4.78 is 0. The van der Waals surface area contributed by atoms with E-state index < -0.39 is 17.9 Å². The molecule has 0 saturated carbocycles. The Morgan fingerprint density at radius 2 is 2.14 bits per heavy atom. The van der Waals surface area contributed by atoms with Crippen LogP contribution in [0.3, 0.4) is 0 Å². The van der Waals surface area contributed by atoms with E-state index in [0.29, 0.717) is 13.0 Å². The van der Waals surface area contributed by atoms with Crippen molar-refractivity contribution >= 4 is 17.7 Å². The average molecular weight is 290 g/mol. The first-order valence-corrected chi connectivity index (χ1v) is 6.77. The van der Waals surface area contributed by atoms with Crippen molar-refractivity contribution < 1.29 is 14.4 Å². The maximum atomic E-state index is 12.1. The van der Waals surface area contributed by atoms with Gasteiger partial charge in [-0.15, -0.1) is 0 Å². The fourth-order valence-corrected chi connectivity index (χ4v) is 2.25. The highest BCUT2D eigenvalue weighted by molar-refractivity contribution is 5.98. The van der Waals surface area contributed by atoms with E-state index in [4.69, 9.17) is 5.73 Å². The molecule has 0 aromatic carbocycles. The number of carbonyl (C=O) groups excluding carboxylic acids is 3. The zero-order valence-electron chi connectivity index (χ0n) is 12.0. The largest absolute Gasteiger partial charge is 0.366 e. The number of hydrogen-bond donors (Lipinski definition) is 2. The minimum absolute atomic E-state index is 0.0768. The minimum atomic E-state index is -0.604. The van der Waals surface area contributed by atoms with Crippen molar-refractivity contribution in [3.8, 4) is 0 Å². The Balaban J connectivity index is 2.02. The van der Waals surface area contributed by atoms with Crippen LogP contribution in [0.25, 0.3) is 0 Å². The van der Waals surface area contributed by atoms with E-state index in [1.165, 1.54) is 18.3 Å². The van der Waals surface area contributed by atoms with Gasteiger partial charge in [0.1, 0.15) is 11.7 Å². The Morgan fingerprint density at radius 1 is 1.43 bits per heavy atom. The average Bonchev–Trinajstić information content (AvgIpc) is 2.80. The molecular weight excluding hydrogens is 272 g/mol. The molecule has 1 aliphatic rings. The molecule has 21 heavy (non-hydrogen) atoms. The van der Waals surface area contributed by atoms with E-state index in [1.807, 2.05) is 13.8 Å². The van der Waals surface area contributed by atoms with Crippen LogP contribution in [0.2, 0.25) is 0 Å². The van der Waals surface area contributed by atoms with Crippen LogP contribution in [-0.4, -0.2) is 46.2 Å². The minimum Gasteiger partial charge on any atom is -0.366 e.